The minimum Gasteiger partial charge on any atom is -0.444 e. The van der Waals surface area contributed by atoms with Gasteiger partial charge in [-0.15, -0.1) is 0 Å². The maximum atomic E-state index is 13.8. The average Bonchev–Trinajstić information content (AvgIpc) is 2.70. The van der Waals surface area contributed by atoms with E-state index in [1.54, 1.807) is 32.6 Å². The average molecular weight is 462 g/mol. The van der Waals surface area contributed by atoms with E-state index in [9.17, 15) is 14.4 Å². The monoisotopic (exact) mass is 461 g/mol. The smallest absolute Gasteiger partial charge is 0.408 e. The Hall–Kier alpha value is -2.57. The van der Waals surface area contributed by atoms with Crippen molar-refractivity contribution < 1.29 is 19.1 Å². The highest BCUT2D eigenvalue weighted by atomic mass is 16.6. The van der Waals surface area contributed by atoms with Gasteiger partial charge in [0, 0.05) is 12.1 Å². The van der Waals surface area contributed by atoms with E-state index < -0.39 is 29.3 Å². The molecule has 3 amide bonds. The Balaban J connectivity index is 3.42. The lowest BCUT2D eigenvalue weighted by atomic mass is 9.90. The molecule has 1 rings (SSSR count). The lowest BCUT2D eigenvalue weighted by Crippen LogP contribution is -2.58. The highest BCUT2D eigenvalue weighted by Crippen LogP contribution is 2.33. The number of amides is 3. The maximum absolute atomic E-state index is 13.8. The molecule has 1 aromatic carbocycles. The van der Waals surface area contributed by atoms with E-state index >= 15 is 0 Å². The summed E-state index contributed by atoms with van der Waals surface area (Å²) >= 11 is 0. The van der Waals surface area contributed by atoms with Crippen LogP contribution in [0.3, 0.4) is 0 Å². The van der Waals surface area contributed by atoms with Gasteiger partial charge in [0.2, 0.25) is 11.8 Å². The Morgan fingerprint density at radius 1 is 1.06 bits per heavy atom. The van der Waals surface area contributed by atoms with Gasteiger partial charge in [-0.25, -0.2) is 4.79 Å². The van der Waals surface area contributed by atoms with E-state index in [2.05, 4.69) is 17.6 Å². The van der Waals surface area contributed by atoms with Gasteiger partial charge in [-0.2, -0.15) is 0 Å². The topological polar surface area (TPSA) is 87.7 Å². The first-order valence-electron chi connectivity index (χ1n) is 11.9. The summed E-state index contributed by atoms with van der Waals surface area (Å²) in [6.07, 6.45) is 1.77. The Morgan fingerprint density at radius 2 is 1.67 bits per heavy atom. The second-order valence-corrected chi connectivity index (χ2v) is 10.1. The summed E-state index contributed by atoms with van der Waals surface area (Å²) in [4.78, 5) is 41.2. The zero-order chi connectivity index (χ0) is 25.4. The molecule has 2 unspecified atom stereocenters. The second-order valence-electron chi connectivity index (χ2n) is 10.1. The van der Waals surface area contributed by atoms with E-state index in [1.807, 2.05) is 52.0 Å². The molecular weight excluding hydrogens is 418 g/mol. The van der Waals surface area contributed by atoms with Crippen molar-refractivity contribution in [3.05, 3.63) is 35.4 Å². The molecule has 0 aromatic heterocycles. The fourth-order valence-corrected chi connectivity index (χ4v) is 3.48. The quantitative estimate of drug-likeness (QED) is 0.486. The Kier molecular flexibility index (Phi) is 10.4. The van der Waals surface area contributed by atoms with E-state index in [-0.39, 0.29) is 11.8 Å². The molecule has 0 saturated heterocycles. The fourth-order valence-electron chi connectivity index (χ4n) is 3.48. The fraction of sp³-hybridized carbons (Fsp3) is 0.654. The number of hydrogen-bond acceptors (Lipinski definition) is 4. The van der Waals surface area contributed by atoms with Crippen LogP contribution >= 0.6 is 0 Å². The molecule has 186 valence electrons. The summed E-state index contributed by atoms with van der Waals surface area (Å²) < 4.78 is 5.33. The molecular formula is C26H43N3O4. The van der Waals surface area contributed by atoms with Gasteiger partial charge < -0.3 is 20.3 Å². The van der Waals surface area contributed by atoms with Crippen molar-refractivity contribution in [1.29, 1.82) is 0 Å². The summed E-state index contributed by atoms with van der Waals surface area (Å²) in [5, 5.41) is 5.65. The van der Waals surface area contributed by atoms with Gasteiger partial charge in [-0.05, 0) is 72.4 Å². The minimum absolute atomic E-state index is 0.225. The number of unbranched alkanes of at least 4 members (excludes halogenated alkanes) is 1. The molecule has 0 heterocycles. The number of ether oxygens (including phenoxy) is 1. The Morgan fingerprint density at radius 3 is 2.18 bits per heavy atom. The van der Waals surface area contributed by atoms with E-state index in [0.29, 0.717) is 13.0 Å². The maximum Gasteiger partial charge on any atom is 0.408 e. The second kappa shape index (κ2) is 12.1. The Labute approximate surface area is 199 Å². The summed E-state index contributed by atoms with van der Waals surface area (Å²) in [5.41, 5.74) is 0.366. The zero-order valence-corrected chi connectivity index (χ0v) is 21.9. The first-order chi connectivity index (χ1) is 15.2. The molecule has 0 fully saturated rings. The highest BCUT2D eigenvalue weighted by Gasteiger charge is 2.42. The molecule has 2 atom stereocenters. The number of carbonyl (C=O) groups is 3. The predicted molar refractivity (Wildman–Crippen MR) is 132 cm³/mol. The molecule has 7 nitrogen and oxygen atoms in total. The first kappa shape index (κ1) is 28.5. The number of carbonyl (C=O) groups excluding carboxylic acids is 3. The molecule has 1 aromatic rings. The number of hydrogen-bond donors (Lipinski definition) is 2. The molecule has 33 heavy (non-hydrogen) atoms. The zero-order valence-electron chi connectivity index (χ0n) is 21.9. The third kappa shape index (κ3) is 8.37. The highest BCUT2D eigenvalue weighted by molar-refractivity contribution is 5.92. The van der Waals surface area contributed by atoms with Crippen molar-refractivity contribution in [2.24, 2.45) is 0 Å². The van der Waals surface area contributed by atoms with Crippen molar-refractivity contribution >= 4 is 17.9 Å². The number of nitrogens with zero attached hydrogens (tertiary/aromatic N) is 1. The number of alkyl carbamates (subject to hydrolysis) is 1. The SMILES string of the molecule is CCCCNC(=O)C(c1ccccc1C)N(C(=O)C(C)NC(=O)OC(C)(C)C)C(C)(C)CC. The molecule has 0 aliphatic carbocycles. The van der Waals surface area contributed by atoms with Gasteiger partial charge in [0.1, 0.15) is 17.7 Å². The normalized spacial score (nSPS) is 13.6. The Bertz CT molecular complexity index is 814. The lowest BCUT2D eigenvalue weighted by Gasteiger charge is -2.44. The van der Waals surface area contributed by atoms with Gasteiger partial charge in [-0.3, -0.25) is 9.59 Å². The molecule has 7 heteroatoms. The van der Waals surface area contributed by atoms with Crippen LogP contribution in [-0.4, -0.2) is 46.5 Å². The van der Waals surface area contributed by atoms with Crippen LogP contribution in [0.5, 0.6) is 0 Å². The number of benzene rings is 1. The third-order valence-corrected chi connectivity index (χ3v) is 5.68. The van der Waals surface area contributed by atoms with Gasteiger partial charge in [0.05, 0.1) is 0 Å². The van der Waals surface area contributed by atoms with Gasteiger partial charge in [0.25, 0.3) is 0 Å². The van der Waals surface area contributed by atoms with Gasteiger partial charge in [-0.1, -0.05) is 44.5 Å². The van der Waals surface area contributed by atoms with Crippen LogP contribution < -0.4 is 10.6 Å². The van der Waals surface area contributed by atoms with E-state index in [0.717, 1.165) is 24.0 Å². The van der Waals surface area contributed by atoms with Crippen LogP contribution in [0, 0.1) is 6.92 Å². The van der Waals surface area contributed by atoms with Crippen LogP contribution in [0.15, 0.2) is 24.3 Å². The van der Waals surface area contributed by atoms with Crippen molar-refractivity contribution in [3.63, 3.8) is 0 Å². The van der Waals surface area contributed by atoms with Gasteiger partial charge in [0.15, 0.2) is 0 Å². The molecule has 0 bridgehead atoms. The molecule has 0 radical (unpaired) electrons. The first-order valence-corrected chi connectivity index (χ1v) is 11.9. The van der Waals surface area contributed by atoms with Crippen LogP contribution in [0.4, 0.5) is 4.79 Å². The summed E-state index contributed by atoms with van der Waals surface area (Å²) in [6.45, 7) is 17.3. The van der Waals surface area contributed by atoms with Crippen molar-refractivity contribution in [2.75, 3.05) is 6.54 Å². The minimum atomic E-state index is -0.874. The molecule has 2 N–H and O–H groups in total. The van der Waals surface area contributed by atoms with Gasteiger partial charge >= 0.3 is 6.09 Å². The molecule has 0 saturated carbocycles. The molecule has 0 spiro atoms. The van der Waals surface area contributed by atoms with E-state index in [1.165, 1.54) is 0 Å². The summed E-state index contributed by atoms with van der Waals surface area (Å²) in [7, 11) is 0. The standard InChI is InChI=1S/C26H43N3O4/c1-10-12-17-27-22(30)21(20-16-14-13-15-18(20)3)29(26(8,9)11-2)23(31)19(4)28-24(32)33-25(5,6)7/h13-16,19,21H,10-12,17H2,1-9H3,(H,27,30)(H,28,32). The number of rotatable bonds is 10. The van der Waals surface area contributed by atoms with Crippen LogP contribution in [0.1, 0.15) is 91.8 Å². The van der Waals surface area contributed by atoms with Crippen LogP contribution in [0.2, 0.25) is 0 Å². The number of nitrogens with one attached hydrogen (secondary N) is 2. The summed E-state index contributed by atoms with van der Waals surface area (Å²) in [5.74, 6) is -0.566. The number of aryl methyl sites for hydroxylation is 1. The summed E-state index contributed by atoms with van der Waals surface area (Å²) in [6, 6.07) is 5.91. The van der Waals surface area contributed by atoms with Crippen molar-refractivity contribution in [1.82, 2.24) is 15.5 Å². The van der Waals surface area contributed by atoms with Crippen LogP contribution in [-0.2, 0) is 14.3 Å². The predicted octanol–water partition coefficient (Wildman–Crippen LogP) is 4.88. The van der Waals surface area contributed by atoms with Crippen LogP contribution in [0.25, 0.3) is 0 Å². The van der Waals surface area contributed by atoms with Crippen molar-refractivity contribution in [2.45, 2.75) is 105 Å². The lowest BCUT2D eigenvalue weighted by molar-refractivity contribution is -0.149. The molecule has 0 aliphatic rings. The third-order valence-electron chi connectivity index (χ3n) is 5.68. The largest absolute Gasteiger partial charge is 0.444 e. The van der Waals surface area contributed by atoms with E-state index in [4.69, 9.17) is 4.74 Å². The molecule has 0 aliphatic heterocycles. The van der Waals surface area contributed by atoms with Crippen molar-refractivity contribution in [3.8, 4) is 0 Å².